The molecule has 1 aliphatic heterocycles. The molecule has 5 heteroatoms. The number of hydrogen-bond acceptors (Lipinski definition) is 3. The number of hydrogen-bond donors (Lipinski definition) is 1. The molecular weight excluding hydrogens is 326 g/mol. The molecule has 0 aliphatic carbocycles. The molecule has 0 saturated carbocycles. The maximum atomic E-state index is 12.6. The Labute approximate surface area is 153 Å². The maximum Gasteiger partial charge on any atom is 0.267 e. The lowest BCUT2D eigenvalue weighted by molar-refractivity contribution is -0.119. The number of anilines is 1. The molecule has 1 aliphatic rings. The van der Waals surface area contributed by atoms with Crippen LogP contribution in [0.3, 0.4) is 0 Å². The predicted molar refractivity (Wildman–Crippen MR) is 103 cm³/mol. The molecule has 134 valence electrons. The van der Waals surface area contributed by atoms with Crippen LogP contribution in [-0.2, 0) is 9.59 Å². The lowest BCUT2D eigenvalue weighted by atomic mass is 10.1. The third-order valence-electron chi connectivity index (χ3n) is 4.53. The van der Waals surface area contributed by atoms with Crippen LogP contribution in [0.1, 0.15) is 42.5 Å². The molecule has 2 aromatic carbocycles. The largest absolute Gasteiger partial charge is 0.344 e. The van der Waals surface area contributed by atoms with Gasteiger partial charge in [-0.15, -0.1) is 0 Å². The van der Waals surface area contributed by atoms with Gasteiger partial charge >= 0.3 is 0 Å². The average molecular weight is 349 g/mol. The fraction of sp³-hybridized carbons (Fsp3) is 0.286. The number of aryl methyl sites for hydroxylation is 2. The summed E-state index contributed by atoms with van der Waals surface area (Å²) in [6.45, 7) is 5.84. The van der Waals surface area contributed by atoms with Crippen molar-refractivity contribution >= 4 is 23.2 Å². The van der Waals surface area contributed by atoms with Crippen molar-refractivity contribution in [3.8, 4) is 0 Å². The van der Waals surface area contributed by atoms with E-state index in [1.807, 2.05) is 69.3 Å². The normalized spacial score (nSPS) is 15.4. The molecule has 0 bridgehead atoms. The van der Waals surface area contributed by atoms with Gasteiger partial charge in [0.25, 0.3) is 5.91 Å². The molecule has 5 nitrogen and oxygen atoms in total. The molecule has 0 aromatic heterocycles. The first-order valence-electron chi connectivity index (χ1n) is 8.79. The molecule has 2 aromatic rings. The number of nitrogens with one attached hydrogen (secondary N) is 1. The second-order valence-electron chi connectivity index (χ2n) is 6.65. The van der Waals surface area contributed by atoms with Gasteiger partial charge in [-0.2, -0.15) is 5.10 Å². The van der Waals surface area contributed by atoms with Crippen LogP contribution in [0.15, 0.2) is 53.6 Å². The minimum Gasteiger partial charge on any atom is -0.344 e. The van der Waals surface area contributed by atoms with Crippen LogP contribution in [0, 0.1) is 13.8 Å². The van der Waals surface area contributed by atoms with Gasteiger partial charge in [-0.1, -0.05) is 42.5 Å². The Morgan fingerprint density at radius 2 is 1.85 bits per heavy atom. The highest BCUT2D eigenvalue weighted by molar-refractivity contribution is 6.40. The molecule has 1 unspecified atom stereocenters. The second-order valence-corrected chi connectivity index (χ2v) is 6.65. The highest BCUT2D eigenvalue weighted by Crippen LogP contribution is 2.25. The maximum absolute atomic E-state index is 12.6. The third-order valence-corrected chi connectivity index (χ3v) is 4.53. The summed E-state index contributed by atoms with van der Waals surface area (Å²) in [5.41, 5.74) is 4.14. The molecule has 0 spiro atoms. The minimum absolute atomic E-state index is 0.0913. The summed E-state index contributed by atoms with van der Waals surface area (Å²) in [6.07, 6.45) is 0.632. The molecule has 26 heavy (non-hydrogen) atoms. The summed E-state index contributed by atoms with van der Waals surface area (Å²) in [7, 11) is 0. The zero-order chi connectivity index (χ0) is 18.7. The zero-order valence-corrected chi connectivity index (χ0v) is 15.3. The van der Waals surface area contributed by atoms with E-state index in [0.717, 1.165) is 22.4 Å². The number of hydrazone groups is 1. The lowest BCUT2D eigenvalue weighted by Crippen LogP contribution is -2.40. The second kappa shape index (κ2) is 7.52. The number of carbonyl (C=O) groups is 2. The standard InChI is InChI=1S/C21H23N3O2/c1-14-9-10-15(2)19(13-14)24-20(25)12-11-18(23-24)21(26)22-16(3)17-7-5-4-6-8-17/h4-10,13,16H,11-12H2,1-3H3,(H,22,26). The van der Waals surface area contributed by atoms with Crippen LogP contribution in [-0.4, -0.2) is 17.5 Å². The smallest absolute Gasteiger partial charge is 0.267 e. The highest BCUT2D eigenvalue weighted by Gasteiger charge is 2.27. The van der Waals surface area contributed by atoms with Gasteiger partial charge in [-0.3, -0.25) is 9.59 Å². The summed E-state index contributed by atoms with van der Waals surface area (Å²) in [5.74, 6) is -0.324. The highest BCUT2D eigenvalue weighted by atomic mass is 16.2. The van der Waals surface area contributed by atoms with Gasteiger partial charge in [0.05, 0.1) is 11.7 Å². The van der Waals surface area contributed by atoms with E-state index in [1.54, 1.807) is 0 Å². The Bertz CT molecular complexity index is 859. The fourth-order valence-electron chi connectivity index (χ4n) is 2.96. The van der Waals surface area contributed by atoms with Crippen molar-refractivity contribution in [2.24, 2.45) is 5.10 Å². The number of amides is 2. The van der Waals surface area contributed by atoms with E-state index in [1.165, 1.54) is 5.01 Å². The van der Waals surface area contributed by atoms with Gasteiger partial charge in [0.2, 0.25) is 5.91 Å². The zero-order valence-electron chi connectivity index (χ0n) is 15.3. The summed E-state index contributed by atoms with van der Waals surface area (Å²) >= 11 is 0. The average Bonchev–Trinajstić information content (AvgIpc) is 2.65. The SMILES string of the molecule is Cc1ccc(C)c(N2N=C(C(=O)NC(C)c3ccccc3)CCC2=O)c1. The Morgan fingerprint density at radius 3 is 2.58 bits per heavy atom. The van der Waals surface area contributed by atoms with Crippen molar-refractivity contribution in [2.45, 2.75) is 39.7 Å². The number of carbonyl (C=O) groups excluding carboxylic acids is 2. The van der Waals surface area contributed by atoms with Crippen molar-refractivity contribution in [3.05, 3.63) is 65.2 Å². The predicted octanol–water partition coefficient (Wildman–Crippen LogP) is 3.66. The van der Waals surface area contributed by atoms with Gasteiger partial charge in [-0.05, 0) is 43.5 Å². The molecule has 3 rings (SSSR count). The van der Waals surface area contributed by atoms with E-state index in [4.69, 9.17) is 0 Å². The van der Waals surface area contributed by atoms with Gasteiger partial charge in [0, 0.05) is 12.8 Å². The topological polar surface area (TPSA) is 61.8 Å². The lowest BCUT2D eigenvalue weighted by Gasteiger charge is -2.25. The van der Waals surface area contributed by atoms with Crippen LogP contribution in [0.4, 0.5) is 5.69 Å². The number of benzene rings is 2. The van der Waals surface area contributed by atoms with Crippen LogP contribution in [0.25, 0.3) is 0 Å². The Hall–Kier alpha value is -2.95. The molecule has 0 saturated heterocycles. The molecule has 0 fully saturated rings. The van der Waals surface area contributed by atoms with Crippen molar-refractivity contribution in [1.29, 1.82) is 0 Å². The van der Waals surface area contributed by atoms with Crippen molar-refractivity contribution < 1.29 is 9.59 Å². The summed E-state index contributed by atoms with van der Waals surface area (Å²) < 4.78 is 0. The molecule has 0 radical (unpaired) electrons. The molecule has 1 atom stereocenters. The Morgan fingerprint density at radius 1 is 1.12 bits per heavy atom. The first-order valence-corrected chi connectivity index (χ1v) is 8.79. The van der Waals surface area contributed by atoms with Crippen LogP contribution in [0.2, 0.25) is 0 Å². The molecule has 1 N–H and O–H groups in total. The van der Waals surface area contributed by atoms with E-state index >= 15 is 0 Å². The molecule has 2 amide bonds. The minimum atomic E-state index is -0.232. The first kappa shape index (κ1) is 17.9. The monoisotopic (exact) mass is 349 g/mol. The fourth-order valence-corrected chi connectivity index (χ4v) is 2.96. The Kier molecular flexibility index (Phi) is 5.16. The van der Waals surface area contributed by atoms with Crippen LogP contribution >= 0.6 is 0 Å². The van der Waals surface area contributed by atoms with E-state index < -0.39 is 0 Å². The van der Waals surface area contributed by atoms with Gasteiger partial charge in [0.15, 0.2) is 0 Å². The van der Waals surface area contributed by atoms with E-state index in [-0.39, 0.29) is 24.3 Å². The molecular formula is C21H23N3O2. The number of rotatable bonds is 4. The first-order chi connectivity index (χ1) is 12.5. The summed E-state index contributed by atoms with van der Waals surface area (Å²) in [5, 5.41) is 8.71. The van der Waals surface area contributed by atoms with Crippen molar-refractivity contribution in [2.75, 3.05) is 5.01 Å². The van der Waals surface area contributed by atoms with Gasteiger partial charge < -0.3 is 5.32 Å². The molecule has 1 heterocycles. The third kappa shape index (κ3) is 3.82. The summed E-state index contributed by atoms with van der Waals surface area (Å²) in [6, 6.07) is 15.5. The van der Waals surface area contributed by atoms with E-state index in [0.29, 0.717) is 12.1 Å². The van der Waals surface area contributed by atoms with Gasteiger partial charge in [0.1, 0.15) is 5.71 Å². The number of nitrogens with zero attached hydrogens (tertiary/aromatic N) is 2. The van der Waals surface area contributed by atoms with Gasteiger partial charge in [-0.25, -0.2) is 5.01 Å². The van der Waals surface area contributed by atoms with Crippen LogP contribution < -0.4 is 10.3 Å². The Balaban J connectivity index is 1.82. The summed E-state index contributed by atoms with van der Waals surface area (Å²) in [4.78, 5) is 25.0. The van der Waals surface area contributed by atoms with Crippen molar-refractivity contribution in [3.63, 3.8) is 0 Å². The quantitative estimate of drug-likeness (QED) is 0.915. The van der Waals surface area contributed by atoms with Crippen molar-refractivity contribution in [1.82, 2.24) is 5.32 Å². The van der Waals surface area contributed by atoms with Crippen LogP contribution in [0.5, 0.6) is 0 Å². The van der Waals surface area contributed by atoms with E-state index in [2.05, 4.69) is 10.4 Å². The van der Waals surface area contributed by atoms with E-state index in [9.17, 15) is 9.59 Å².